The second kappa shape index (κ2) is 6.55. The summed E-state index contributed by atoms with van der Waals surface area (Å²) in [6.45, 7) is 2.29. The monoisotopic (exact) mass is 265 g/mol. The van der Waals surface area contributed by atoms with Crippen LogP contribution in [0.3, 0.4) is 0 Å². The summed E-state index contributed by atoms with van der Waals surface area (Å²) in [4.78, 5) is 13.0. The van der Waals surface area contributed by atoms with Gasteiger partial charge >= 0.3 is 0 Å². The van der Waals surface area contributed by atoms with Crippen molar-refractivity contribution in [3.63, 3.8) is 0 Å². The first-order valence-corrected chi connectivity index (χ1v) is 5.69. The minimum Gasteiger partial charge on any atom is -0.394 e. The number of aliphatic hydroxyl groups excluding tert-OH is 4. The molecule has 0 aromatic heterocycles. The average Bonchev–Trinajstić information content (AvgIpc) is 2.33. The van der Waals surface area contributed by atoms with E-state index in [0.29, 0.717) is 0 Å². The Morgan fingerprint density at radius 2 is 1.67 bits per heavy atom. The second-order valence-corrected chi connectivity index (χ2v) is 4.82. The topological polar surface area (TPSA) is 121 Å². The van der Waals surface area contributed by atoms with Crippen LogP contribution in [0.2, 0.25) is 0 Å². The molecule has 0 saturated carbocycles. The molecule has 0 bridgehead atoms. The van der Waals surface area contributed by atoms with E-state index < -0.39 is 42.3 Å². The Balaban J connectivity index is 5.29. The summed E-state index contributed by atoms with van der Waals surface area (Å²) >= 11 is 0. The number of Topliss-reactive ketones (excluding diaryl/α,β-unsaturated/α-hetero) is 1. The fourth-order valence-corrected chi connectivity index (χ4v) is 1.61. The minimum absolute atomic E-state index is 0.578. The van der Waals surface area contributed by atoms with E-state index in [9.17, 15) is 25.2 Å². The van der Waals surface area contributed by atoms with E-state index in [1.807, 2.05) is 0 Å². The van der Waals surface area contributed by atoms with E-state index in [0.717, 1.165) is 4.90 Å². The molecular weight excluding hydrogens is 242 g/mol. The highest BCUT2D eigenvalue weighted by Gasteiger charge is 2.50. The maximum atomic E-state index is 12.0. The number of rotatable bonds is 7. The molecule has 0 aliphatic rings. The van der Waals surface area contributed by atoms with Crippen LogP contribution in [0.25, 0.3) is 0 Å². The maximum absolute atomic E-state index is 12.0. The summed E-state index contributed by atoms with van der Waals surface area (Å²) in [5.74, 6) is -1.27. The fraction of sp³-hybridized carbons (Fsp3) is 0.909. The Kier molecular flexibility index (Phi) is 6.35. The highest BCUT2D eigenvalue weighted by Crippen LogP contribution is 2.23. The van der Waals surface area contributed by atoms with Gasteiger partial charge in [-0.05, 0) is 14.1 Å². The molecule has 0 amide bonds. The molecule has 0 aliphatic carbocycles. The lowest BCUT2D eigenvalue weighted by Crippen LogP contribution is -2.65. The Hall–Kier alpha value is -0.570. The number of carbonyl (C=O) groups is 1. The van der Waals surface area contributed by atoms with E-state index in [4.69, 9.17) is 5.11 Å². The van der Waals surface area contributed by atoms with Crippen molar-refractivity contribution in [3.05, 3.63) is 0 Å². The number of aliphatic hydroxyl groups is 5. The number of hydrogen-bond acceptors (Lipinski definition) is 7. The molecule has 0 spiro atoms. The van der Waals surface area contributed by atoms with Crippen molar-refractivity contribution in [3.8, 4) is 0 Å². The zero-order valence-electron chi connectivity index (χ0n) is 11.1. The lowest BCUT2D eigenvalue weighted by atomic mass is 9.88. The third kappa shape index (κ3) is 3.25. The van der Waals surface area contributed by atoms with Gasteiger partial charge in [-0.2, -0.15) is 0 Å². The molecule has 7 nitrogen and oxygen atoms in total. The Labute approximate surface area is 106 Å². The van der Waals surface area contributed by atoms with E-state index in [-0.39, 0.29) is 0 Å². The third-order valence-corrected chi connectivity index (χ3v) is 2.89. The molecule has 0 fully saturated rings. The SMILES string of the molecule is CC(C)C(=O)C(O)(C(O)C(O)C(O)CO)N(C)C. The molecule has 0 heterocycles. The van der Waals surface area contributed by atoms with Gasteiger partial charge in [0.1, 0.15) is 18.3 Å². The summed E-state index contributed by atoms with van der Waals surface area (Å²) in [6, 6.07) is 0. The second-order valence-electron chi connectivity index (χ2n) is 4.82. The van der Waals surface area contributed by atoms with Gasteiger partial charge in [0.2, 0.25) is 5.72 Å². The molecule has 0 aromatic rings. The lowest BCUT2D eigenvalue weighted by Gasteiger charge is -2.40. The van der Waals surface area contributed by atoms with Gasteiger partial charge < -0.3 is 25.5 Å². The number of hydrogen-bond donors (Lipinski definition) is 5. The van der Waals surface area contributed by atoms with Gasteiger partial charge in [-0.15, -0.1) is 0 Å². The number of ketones is 1. The molecule has 0 aliphatic heterocycles. The standard InChI is InChI=1S/C11H23NO6/c1-6(2)9(16)11(18,12(3)4)10(17)8(15)7(14)5-13/h6-8,10,13-15,17-18H,5H2,1-4H3. The molecular formula is C11H23NO6. The van der Waals surface area contributed by atoms with Gasteiger partial charge in [0.15, 0.2) is 5.78 Å². The predicted octanol–water partition coefficient (Wildman–Crippen LogP) is -2.46. The van der Waals surface area contributed by atoms with Gasteiger partial charge in [-0.3, -0.25) is 9.69 Å². The van der Waals surface area contributed by atoms with Crippen LogP contribution in [0, 0.1) is 5.92 Å². The van der Waals surface area contributed by atoms with Crippen molar-refractivity contribution in [2.45, 2.75) is 37.9 Å². The molecule has 0 rings (SSSR count). The summed E-state index contributed by atoms with van der Waals surface area (Å²) in [5.41, 5.74) is -2.33. The van der Waals surface area contributed by atoms with Crippen molar-refractivity contribution in [1.82, 2.24) is 4.90 Å². The van der Waals surface area contributed by atoms with Gasteiger partial charge in [-0.1, -0.05) is 13.8 Å². The summed E-state index contributed by atoms with van der Waals surface area (Å²) in [5, 5.41) is 47.7. The molecule has 18 heavy (non-hydrogen) atoms. The summed E-state index contributed by atoms with van der Waals surface area (Å²) < 4.78 is 0. The van der Waals surface area contributed by atoms with Crippen LogP contribution in [0.15, 0.2) is 0 Å². The van der Waals surface area contributed by atoms with Crippen LogP contribution in [-0.2, 0) is 4.79 Å². The minimum atomic E-state index is -2.33. The number of nitrogens with zero attached hydrogens (tertiary/aromatic N) is 1. The zero-order chi connectivity index (χ0) is 14.7. The number of likely N-dealkylation sites (N-methyl/N-ethyl adjacent to an activating group) is 1. The van der Waals surface area contributed by atoms with Crippen LogP contribution >= 0.6 is 0 Å². The Morgan fingerprint density at radius 1 is 1.22 bits per heavy atom. The Bertz CT molecular complexity index is 283. The van der Waals surface area contributed by atoms with Crippen molar-refractivity contribution in [2.24, 2.45) is 5.92 Å². The van der Waals surface area contributed by atoms with Gasteiger partial charge in [0.05, 0.1) is 6.61 Å². The largest absolute Gasteiger partial charge is 0.394 e. The van der Waals surface area contributed by atoms with E-state index in [1.54, 1.807) is 13.8 Å². The zero-order valence-corrected chi connectivity index (χ0v) is 11.1. The molecule has 7 heteroatoms. The summed E-state index contributed by atoms with van der Waals surface area (Å²) in [6.07, 6.45) is -5.43. The Morgan fingerprint density at radius 3 is 1.94 bits per heavy atom. The lowest BCUT2D eigenvalue weighted by molar-refractivity contribution is -0.212. The normalized spacial score (nSPS) is 20.6. The molecule has 0 aromatic carbocycles. The molecule has 4 unspecified atom stereocenters. The van der Waals surface area contributed by atoms with Crippen LogP contribution in [-0.4, -0.2) is 81.0 Å². The van der Waals surface area contributed by atoms with E-state index in [2.05, 4.69) is 0 Å². The van der Waals surface area contributed by atoms with Crippen LogP contribution < -0.4 is 0 Å². The quantitative estimate of drug-likeness (QED) is 0.324. The van der Waals surface area contributed by atoms with Crippen molar-refractivity contribution < 1.29 is 30.3 Å². The molecule has 0 radical (unpaired) electrons. The third-order valence-electron chi connectivity index (χ3n) is 2.89. The maximum Gasteiger partial charge on any atom is 0.207 e. The smallest absolute Gasteiger partial charge is 0.207 e. The van der Waals surface area contributed by atoms with Crippen molar-refractivity contribution in [1.29, 1.82) is 0 Å². The predicted molar refractivity (Wildman–Crippen MR) is 63.6 cm³/mol. The van der Waals surface area contributed by atoms with Gasteiger partial charge in [0, 0.05) is 5.92 Å². The van der Waals surface area contributed by atoms with E-state index >= 15 is 0 Å². The molecule has 108 valence electrons. The highest BCUT2D eigenvalue weighted by molar-refractivity contribution is 5.89. The van der Waals surface area contributed by atoms with Crippen LogP contribution in [0.5, 0.6) is 0 Å². The summed E-state index contributed by atoms with van der Waals surface area (Å²) in [7, 11) is 2.73. The average molecular weight is 265 g/mol. The highest BCUT2D eigenvalue weighted by atomic mass is 16.4. The van der Waals surface area contributed by atoms with Gasteiger partial charge in [0.25, 0.3) is 0 Å². The first kappa shape index (κ1) is 17.4. The molecule has 5 N–H and O–H groups in total. The van der Waals surface area contributed by atoms with Gasteiger partial charge in [-0.25, -0.2) is 0 Å². The first-order chi connectivity index (χ1) is 8.10. The fourth-order valence-electron chi connectivity index (χ4n) is 1.61. The molecule has 0 saturated heterocycles. The first-order valence-electron chi connectivity index (χ1n) is 5.69. The van der Waals surface area contributed by atoms with Crippen molar-refractivity contribution in [2.75, 3.05) is 20.7 Å². The van der Waals surface area contributed by atoms with Crippen molar-refractivity contribution >= 4 is 5.78 Å². The van der Waals surface area contributed by atoms with E-state index in [1.165, 1.54) is 14.1 Å². The number of carbonyl (C=O) groups excluding carboxylic acids is 1. The van der Waals surface area contributed by atoms with Crippen LogP contribution in [0.1, 0.15) is 13.8 Å². The molecule has 4 atom stereocenters. The van der Waals surface area contributed by atoms with Crippen LogP contribution in [0.4, 0.5) is 0 Å².